The molecule has 3 aromatic heterocycles. The monoisotopic (exact) mass is 364 g/mol. The third kappa shape index (κ3) is 4.68. The summed E-state index contributed by atoms with van der Waals surface area (Å²) in [6, 6.07) is 6.19. The van der Waals surface area contributed by atoms with Gasteiger partial charge in [-0.15, -0.1) is 0 Å². The minimum atomic E-state index is 0.373. The van der Waals surface area contributed by atoms with Gasteiger partial charge in [0.15, 0.2) is 0 Å². The molecular formula is C20H24N6O. The molecule has 0 bridgehead atoms. The van der Waals surface area contributed by atoms with Crippen LogP contribution in [0, 0.1) is 0 Å². The molecule has 1 aliphatic rings. The molecule has 0 unspecified atom stereocenters. The summed E-state index contributed by atoms with van der Waals surface area (Å²) in [6.07, 6.45) is 13.1. The fraction of sp³-hybridized carbons (Fsp3) is 0.400. The van der Waals surface area contributed by atoms with E-state index in [-0.39, 0.29) is 0 Å². The minimum Gasteiger partial charge on any atom is -0.381 e. The molecule has 3 aromatic rings. The van der Waals surface area contributed by atoms with Crippen molar-refractivity contribution < 1.29 is 4.74 Å². The van der Waals surface area contributed by atoms with Crippen LogP contribution in [0.4, 0.5) is 5.82 Å². The molecule has 0 aromatic carbocycles. The van der Waals surface area contributed by atoms with Gasteiger partial charge in [0, 0.05) is 63.0 Å². The van der Waals surface area contributed by atoms with E-state index in [1.165, 1.54) is 5.56 Å². The Kier molecular flexibility index (Phi) is 5.69. The fourth-order valence-corrected chi connectivity index (χ4v) is 3.38. The molecule has 0 N–H and O–H groups in total. The zero-order valence-electron chi connectivity index (χ0n) is 15.3. The first-order valence-electron chi connectivity index (χ1n) is 9.38. The number of ether oxygens (including phenoxy) is 1. The van der Waals surface area contributed by atoms with Gasteiger partial charge in [-0.1, -0.05) is 6.07 Å². The van der Waals surface area contributed by atoms with Crippen molar-refractivity contribution in [1.29, 1.82) is 0 Å². The summed E-state index contributed by atoms with van der Waals surface area (Å²) < 4.78 is 7.62. The van der Waals surface area contributed by atoms with Crippen LogP contribution in [0.25, 0.3) is 0 Å². The molecule has 7 heteroatoms. The number of pyridine rings is 1. The Labute approximate surface area is 159 Å². The second kappa shape index (κ2) is 8.73. The standard InChI is InChI=1S/C20H24N6O/c1-3-17(12-21-5-1)13-26(8-2-7-25-9-6-22-16-25)20-11-19(23-15-24-20)18-4-10-27-14-18/h1,3,5-6,9,11-12,15-16,18H,2,4,7-8,10,13-14H2/t18-/m0/s1. The first kappa shape index (κ1) is 17.6. The van der Waals surface area contributed by atoms with Crippen LogP contribution in [0.5, 0.6) is 0 Å². The Morgan fingerprint density at radius 2 is 2.22 bits per heavy atom. The second-order valence-corrected chi connectivity index (χ2v) is 6.80. The molecule has 140 valence electrons. The average molecular weight is 364 g/mol. The number of nitrogens with zero attached hydrogens (tertiary/aromatic N) is 6. The van der Waals surface area contributed by atoms with Gasteiger partial charge < -0.3 is 14.2 Å². The van der Waals surface area contributed by atoms with E-state index < -0.39 is 0 Å². The van der Waals surface area contributed by atoms with Gasteiger partial charge in [-0.25, -0.2) is 15.0 Å². The van der Waals surface area contributed by atoms with Gasteiger partial charge in [0.25, 0.3) is 0 Å². The number of hydrogen-bond acceptors (Lipinski definition) is 6. The molecule has 0 amide bonds. The quantitative estimate of drug-likeness (QED) is 0.612. The van der Waals surface area contributed by atoms with Crippen LogP contribution in [-0.2, 0) is 17.8 Å². The molecule has 27 heavy (non-hydrogen) atoms. The third-order valence-corrected chi connectivity index (χ3v) is 4.85. The summed E-state index contributed by atoms with van der Waals surface area (Å²) in [4.78, 5) is 19.7. The van der Waals surface area contributed by atoms with E-state index in [9.17, 15) is 0 Å². The summed E-state index contributed by atoms with van der Waals surface area (Å²) in [5, 5.41) is 0. The highest BCUT2D eigenvalue weighted by Crippen LogP contribution is 2.26. The lowest BCUT2D eigenvalue weighted by molar-refractivity contribution is 0.193. The largest absolute Gasteiger partial charge is 0.381 e. The lowest BCUT2D eigenvalue weighted by Crippen LogP contribution is -2.26. The van der Waals surface area contributed by atoms with E-state index in [0.717, 1.165) is 57.2 Å². The van der Waals surface area contributed by atoms with Crippen LogP contribution in [0.15, 0.2) is 55.6 Å². The lowest BCUT2D eigenvalue weighted by Gasteiger charge is -2.24. The SMILES string of the molecule is c1cncc(CN(CCCn2ccnc2)c2cc([C@H]3CCOC3)ncn2)c1. The second-order valence-electron chi connectivity index (χ2n) is 6.80. The molecule has 4 heterocycles. The van der Waals surface area contributed by atoms with Crippen LogP contribution in [0.3, 0.4) is 0 Å². The molecule has 1 aliphatic heterocycles. The maximum atomic E-state index is 5.52. The van der Waals surface area contributed by atoms with Crippen LogP contribution in [-0.4, -0.2) is 44.3 Å². The van der Waals surface area contributed by atoms with E-state index in [2.05, 4.69) is 41.5 Å². The Balaban J connectivity index is 1.50. The van der Waals surface area contributed by atoms with E-state index in [1.807, 2.05) is 31.0 Å². The van der Waals surface area contributed by atoms with Gasteiger partial charge in [0.2, 0.25) is 0 Å². The summed E-state index contributed by atoms with van der Waals surface area (Å²) in [7, 11) is 0. The normalized spacial score (nSPS) is 16.5. The number of imidazole rings is 1. The Morgan fingerprint density at radius 3 is 3.00 bits per heavy atom. The predicted octanol–water partition coefficient (Wildman–Crippen LogP) is 2.67. The predicted molar refractivity (Wildman–Crippen MR) is 102 cm³/mol. The molecule has 0 aliphatic carbocycles. The van der Waals surface area contributed by atoms with Gasteiger partial charge in [-0.05, 0) is 24.5 Å². The molecule has 0 radical (unpaired) electrons. The van der Waals surface area contributed by atoms with E-state index in [0.29, 0.717) is 5.92 Å². The topological polar surface area (TPSA) is 69.0 Å². The highest BCUT2D eigenvalue weighted by atomic mass is 16.5. The van der Waals surface area contributed by atoms with E-state index >= 15 is 0 Å². The molecule has 1 atom stereocenters. The van der Waals surface area contributed by atoms with Gasteiger partial charge in [0.1, 0.15) is 12.1 Å². The van der Waals surface area contributed by atoms with Crippen molar-refractivity contribution in [2.45, 2.75) is 31.8 Å². The van der Waals surface area contributed by atoms with Crippen molar-refractivity contribution in [2.24, 2.45) is 0 Å². The van der Waals surface area contributed by atoms with Crippen LogP contribution in [0.2, 0.25) is 0 Å². The maximum Gasteiger partial charge on any atom is 0.132 e. The van der Waals surface area contributed by atoms with Crippen molar-refractivity contribution in [2.75, 3.05) is 24.7 Å². The molecule has 1 fully saturated rings. The highest BCUT2D eigenvalue weighted by Gasteiger charge is 2.20. The highest BCUT2D eigenvalue weighted by molar-refractivity contribution is 5.40. The number of anilines is 1. The summed E-state index contributed by atoms with van der Waals surface area (Å²) in [6.45, 7) is 4.16. The fourth-order valence-electron chi connectivity index (χ4n) is 3.38. The van der Waals surface area contributed by atoms with Gasteiger partial charge in [-0.3, -0.25) is 4.98 Å². The Morgan fingerprint density at radius 1 is 1.22 bits per heavy atom. The van der Waals surface area contributed by atoms with Crippen molar-refractivity contribution >= 4 is 5.82 Å². The summed E-state index contributed by atoms with van der Waals surface area (Å²) in [5.74, 6) is 1.33. The number of rotatable bonds is 8. The molecule has 4 rings (SSSR count). The summed E-state index contributed by atoms with van der Waals surface area (Å²) >= 11 is 0. The van der Waals surface area contributed by atoms with Crippen LogP contribution in [0.1, 0.15) is 30.0 Å². The Bertz CT molecular complexity index is 818. The molecule has 1 saturated heterocycles. The first-order valence-corrected chi connectivity index (χ1v) is 9.38. The third-order valence-electron chi connectivity index (χ3n) is 4.85. The number of aryl methyl sites for hydroxylation is 1. The Hall–Kier alpha value is -2.80. The lowest BCUT2D eigenvalue weighted by atomic mass is 10.0. The molecule has 0 spiro atoms. The summed E-state index contributed by atoms with van der Waals surface area (Å²) in [5.41, 5.74) is 2.24. The van der Waals surface area contributed by atoms with Crippen molar-refractivity contribution in [1.82, 2.24) is 24.5 Å². The van der Waals surface area contributed by atoms with Crippen molar-refractivity contribution in [3.63, 3.8) is 0 Å². The van der Waals surface area contributed by atoms with Gasteiger partial charge in [0.05, 0.1) is 18.6 Å². The smallest absolute Gasteiger partial charge is 0.132 e. The molecular weight excluding hydrogens is 340 g/mol. The average Bonchev–Trinajstić information content (AvgIpc) is 3.42. The van der Waals surface area contributed by atoms with Crippen LogP contribution < -0.4 is 4.90 Å². The zero-order valence-corrected chi connectivity index (χ0v) is 15.3. The van der Waals surface area contributed by atoms with Crippen molar-refractivity contribution in [3.05, 3.63) is 66.9 Å². The van der Waals surface area contributed by atoms with E-state index in [4.69, 9.17) is 4.74 Å². The first-order chi connectivity index (χ1) is 13.4. The zero-order chi connectivity index (χ0) is 18.3. The van der Waals surface area contributed by atoms with Gasteiger partial charge in [-0.2, -0.15) is 0 Å². The van der Waals surface area contributed by atoms with Crippen LogP contribution >= 0.6 is 0 Å². The number of hydrogen-bond donors (Lipinski definition) is 0. The molecule has 7 nitrogen and oxygen atoms in total. The maximum absolute atomic E-state index is 5.52. The number of aromatic nitrogens is 5. The van der Waals surface area contributed by atoms with Crippen molar-refractivity contribution in [3.8, 4) is 0 Å². The molecule has 0 saturated carbocycles. The van der Waals surface area contributed by atoms with E-state index in [1.54, 1.807) is 12.5 Å². The minimum absolute atomic E-state index is 0.373. The van der Waals surface area contributed by atoms with Gasteiger partial charge >= 0.3 is 0 Å².